The van der Waals surface area contributed by atoms with E-state index in [0.717, 1.165) is 24.3 Å². The highest BCUT2D eigenvalue weighted by Gasteiger charge is 2.35. The molecule has 0 saturated carbocycles. The van der Waals surface area contributed by atoms with Gasteiger partial charge in [0.1, 0.15) is 5.82 Å². The second-order valence-electron chi connectivity index (χ2n) is 4.56. The molecule has 1 aromatic carbocycles. The second-order valence-corrected chi connectivity index (χ2v) is 7.30. The van der Waals surface area contributed by atoms with E-state index in [1.54, 1.807) is 0 Å². The molecule has 0 aliphatic carbocycles. The SMILES string of the molecule is O=C(CCNS(=O)(=O)c1ccc(F)cc1)Nc1nnc(C(F)(F)F)s1. The smallest absolute Gasteiger partial charge is 0.300 e. The lowest BCUT2D eigenvalue weighted by atomic mass is 10.4. The van der Waals surface area contributed by atoms with Crippen molar-refractivity contribution < 1.29 is 30.8 Å². The molecule has 2 rings (SSSR count). The summed E-state index contributed by atoms with van der Waals surface area (Å²) >= 11 is 0.152. The van der Waals surface area contributed by atoms with Gasteiger partial charge in [-0.3, -0.25) is 4.79 Å². The number of rotatable bonds is 6. The van der Waals surface area contributed by atoms with Crippen LogP contribution in [0.3, 0.4) is 0 Å². The van der Waals surface area contributed by atoms with Crippen molar-refractivity contribution >= 4 is 32.4 Å². The molecular weight excluding hydrogens is 388 g/mol. The fourth-order valence-electron chi connectivity index (χ4n) is 1.57. The fourth-order valence-corrected chi connectivity index (χ4v) is 3.22. The highest BCUT2D eigenvalue weighted by molar-refractivity contribution is 7.89. The molecule has 7 nitrogen and oxygen atoms in total. The first kappa shape index (κ1) is 19.2. The maximum atomic E-state index is 12.8. The number of amides is 1. The van der Waals surface area contributed by atoms with Crippen LogP contribution in [0.15, 0.2) is 29.2 Å². The molecule has 0 aliphatic heterocycles. The largest absolute Gasteiger partial charge is 0.445 e. The van der Waals surface area contributed by atoms with Gasteiger partial charge in [-0.25, -0.2) is 17.5 Å². The van der Waals surface area contributed by atoms with Gasteiger partial charge >= 0.3 is 6.18 Å². The number of nitrogens with one attached hydrogen (secondary N) is 2. The predicted molar refractivity (Wildman–Crippen MR) is 79.7 cm³/mol. The van der Waals surface area contributed by atoms with Crippen molar-refractivity contribution in [1.29, 1.82) is 0 Å². The Kier molecular flexibility index (Phi) is 5.69. The summed E-state index contributed by atoms with van der Waals surface area (Å²) in [4.78, 5) is 11.4. The minimum atomic E-state index is -4.66. The molecule has 0 saturated heterocycles. The number of nitrogens with zero attached hydrogens (tertiary/aromatic N) is 2. The van der Waals surface area contributed by atoms with Crippen molar-refractivity contribution in [2.24, 2.45) is 0 Å². The number of carbonyl (C=O) groups excluding carboxylic acids is 1. The Hall–Kier alpha value is -2.12. The van der Waals surface area contributed by atoms with Gasteiger partial charge in [-0.15, -0.1) is 10.2 Å². The topological polar surface area (TPSA) is 101 Å². The van der Waals surface area contributed by atoms with Gasteiger partial charge in [0.05, 0.1) is 4.90 Å². The third-order valence-electron chi connectivity index (χ3n) is 2.68. The van der Waals surface area contributed by atoms with Crippen LogP contribution in [0.4, 0.5) is 22.7 Å². The van der Waals surface area contributed by atoms with Gasteiger partial charge in [0.15, 0.2) is 0 Å². The molecule has 0 bridgehead atoms. The first-order valence-corrected chi connectivity index (χ1v) is 8.84. The maximum absolute atomic E-state index is 12.8. The summed E-state index contributed by atoms with van der Waals surface area (Å²) in [6.07, 6.45) is -5.01. The molecule has 0 unspecified atom stereocenters. The van der Waals surface area contributed by atoms with E-state index < -0.39 is 32.9 Å². The summed E-state index contributed by atoms with van der Waals surface area (Å²) in [5.74, 6) is -1.35. The third kappa shape index (κ3) is 5.44. The van der Waals surface area contributed by atoms with Crippen molar-refractivity contribution in [3.63, 3.8) is 0 Å². The zero-order valence-electron chi connectivity index (χ0n) is 12.2. The summed E-state index contributed by atoms with van der Waals surface area (Å²) in [7, 11) is -3.93. The number of aromatic nitrogens is 2. The van der Waals surface area contributed by atoms with E-state index in [4.69, 9.17) is 0 Å². The second kappa shape index (κ2) is 7.41. The van der Waals surface area contributed by atoms with Crippen LogP contribution in [0.5, 0.6) is 0 Å². The number of carbonyl (C=O) groups is 1. The molecule has 13 heteroatoms. The van der Waals surface area contributed by atoms with Crippen LogP contribution in [0.1, 0.15) is 11.4 Å². The Morgan fingerprint density at radius 1 is 1.16 bits per heavy atom. The summed E-state index contributed by atoms with van der Waals surface area (Å²) in [6, 6.07) is 4.04. The Bertz CT molecular complexity index is 850. The predicted octanol–water partition coefficient (Wildman–Crippen LogP) is 2.00. The van der Waals surface area contributed by atoms with Gasteiger partial charge < -0.3 is 5.32 Å². The summed E-state index contributed by atoms with van der Waals surface area (Å²) in [6.45, 7) is -0.309. The zero-order valence-corrected chi connectivity index (χ0v) is 13.8. The van der Waals surface area contributed by atoms with Gasteiger partial charge in [-0.05, 0) is 24.3 Å². The number of benzene rings is 1. The summed E-state index contributed by atoms with van der Waals surface area (Å²) in [5, 5.41) is 6.60. The normalized spacial score (nSPS) is 12.2. The highest BCUT2D eigenvalue weighted by atomic mass is 32.2. The van der Waals surface area contributed by atoms with Gasteiger partial charge in [-0.2, -0.15) is 13.2 Å². The summed E-state index contributed by atoms with van der Waals surface area (Å²) in [5.41, 5.74) is 0. The van der Waals surface area contributed by atoms with Crippen molar-refractivity contribution in [3.8, 4) is 0 Å². The number of alkyl halides is 3. The lowest BCUT2D eigenvalue weighted by Crippen LogP contribution is -2.27. The molecule has 1 amide bonds. The molecule has 1 heterocycles. The molecule has 2 N–H and O–H groups in total. The molecule has 0 aliphatic rings. The van der Waals surface area contributed by atoms with E-state index in [9.17, 15) is 30.8 Å². The van der Waals surface area contributed by atoms with E-state index in [-0.39, 0.29) is 34.3 Å². The van der Waals surface area contributed by atoms with E-state index >= 15 is 0 Å². The van der Waals surface area contributed by atoms with Crippen LogP contribution >= 0.6 is 11.3 Å². The Morgan fingerprint density at radius 2 is 1.80 bits per heavy atom. The highest BCUT2D eigenvalue weighted by Crippen LogP contribution is 2.32. The molecule has 0 atom stereocenters. The maximum Gasteiger partial charge on any atom is 0.445 e. The first-order valence-electron chi connectivity index (χ1n) is 6.54. The van der Waals surface area contributed by atoms with Crippen molar-refractivity contribution in [3.05, 3.63) is 35.1 Å². The van der Waals surface area contributed by atoms with Crippen molar-refractivity contribution in [2.45, 2.75) is 17.5 Å². The van der Waals surface area contributed by atoms with Crippen LogP contribution in [0, 0.1) is 5.82 Å². The minimum Gasteiger partial charge on any atom is -0.300 e. The van der Waals surface area contributed by atoms with Gasteiger partial charge in [-0.1, -0.05) is 11.3 Å². The average Bonchev–Trinajstić information content (AvgIpc) is 2.96. The minimum absolute atomic E-state index is 0.152. The molecule has 0 spiro atoms. The van der Waals surface area contributed by atoms with Crippen LogP contribution in [0.2, 0.25) is 0 Å². The molecule has 2 aromatic rings. The quantitative estimate of drug-likeness (QED) is 0.725. The van der Waals surface area contributed by atoms with E-state index in [2.05, 4.69) is 20.2 Å². The molecule has 1 aromatic heterocycles. The Morgan fingerprint density at radius 3 is 2.36 bits per heavy atom. The fraction of sp³-hybridized carbons (Fsp3) is 0.250. The Balaban J connectivity index is 1.86. The first-order chi connectivity index (χ1) is 11.6. The van der Waals surface area contributed by atoms with Gasteiger partial charge in [0, 0.05) is 13.0 Å². The number of sulfonamides is 1. The Labute approximate surface area is 143 Å². The van der Waals surface area contributed by atoms with Crippen LogP contribution in [-0.4, -0.2) is 31.1 Å². The van der Waals surface area contributed by atoms with Gasteiger partial charge in [0.25, 0.3) is 0 Å². The number of halogens is 4. The van der Waals surface area contributed by atoms with E-state index in [1.807, 2.05) is 0 Å². The van der Waals surface area contributed by atoms with Gasteiger partial charge in [0.2, 0.25) is 26.1 Å². The van der Waals surface area contributed by atoms with Crippen molar-refractivity contribution in [2.75, 3.05) is 11.9 Å². The molecule has 136 valence electrons. The molecule has 0 radical (unpaired) electrons. The van der Waals surface area contributed by atoms with E-state index in [1.165, 1.54) is 0 Å². The monoisotopic (exact) mass is 398 g/mol. The lowest BCUT2D eigenvalue weighted by molar-refractivity contribution is -0.138. The number of anilines is 1. The lowest BCUT2D eigenvalue weighted by Gasteiger charge is -2.06. The van der Waals surface area contributed by atoms with E-state index in [0.29, 0.717) is 0 Å². The average molecular weight is 398 g/mol. The molecular formula is C12H10F4N4O3S2. The summed E-state index contributed by atoms with van der Waals surface area (Å²) < 4.78 is 75.7. The zero-order chi connectivity index (χ0) is 18.7. The van der Waals surface area contributed by atoms with Crippen LogP contribution in [0.25, 0.3) is 0 Å². The van der Waals surface area contributed by atoms with Crippen LogP contribution in [-0.2, 0) is 21.0 Å². The van der Waals surface area contributed by atoms with Crippen molar-refractivity contribution in [1.82, 2.24) is 14.9 Å². The standard InChI is InChI=1S/C12H10F4N4O3S2/c13-7-1-3-8(4-2-7)25(22,23)17-6-5-9(21)18-11-20-19-10(24-11)12(14,15)16/h1-4,17H,5-6H2,(H,18,20,21). The molecule has 25 heavy (non-hydrogen) atoms. The number of hydrogen-bond donors (Lipinski definition) is 2. The van der Waals surface area contributed by atoms with Crippen LogP contribution < -0.4 is 10.0 Å². The third-order valence-corrected chi connectivity index (χ3v) is 5.04. The number of hydrogen-bond acceptors (Lipinski definition) is 6. The molecule has 0 fully saturated rings.